The normalized spacial score (nSPS) is 24.4. The van der Waals surface area contributed by atoms with Gasteiger partial charge in [0.25, 0.3) is 0 Å². The first-order chi connectivity index (χ1) is 9.17. The van der Waals surface area contributed by atoms with Gasteiger partial charge in [-0.05, 0) is 37.6 Å². The highest BCUT2D eigenvalue weighted by atomic mass is 79.9. The van der Waals surface area contributed by atoms with E-state index in [0.29, 0.717) is 18.1 Å². The molecule has 1 N–H and O–H groups in total. The maximum Gasteiger partial charge on any atom is 0.120 e. The maximum absolute atomic E-state index is 5.72. The second kappa shape index (κ2) is 6.73. The lowest BCUT2D eigenvalue weighted by Gasteiger charge is -2.28. The molecule has 0 bridgehead atoms. The van der Waals surface area contributed by atoms with Crippen LogP contribution < -0.4 is 10.1 Å². The van der Waals surface area contributed by atoms with Crippen LogP contribution >= 0.6 is 15.9 Å². The van der Waals surface area contributed by atoms with E-state index in [-0.39, 0.29) is 0 Å². The number of halogens is 1. The molecule has 4 heteroatoms. The number of hydrogen-bond acceptors (Lipinski definition) is 3. The van der Waals surface area contributed by atoms with Crippen LogP contribution in [0.1, 0.15) is 31.9 Å². The van der Waals surface area contributed by atoms with Crippen LogP contribution in [0.15, 0.2) is 22.7 Å². The zero-order valence-corrected chi connectivity index (χ0v) is 13.4. The van der Waals surface area contributed by atoms with Crippen molar-refractivity contribution in [3.63, 3.8) is 0 Å². The predicted molar refractivity (Wildman–Crippen MR) is 80.6 cm³/mol. The molecule has 3 unspecified atom stereocenters. The molecular formula is C15H22BrNO2. The van der Waals surface area contributed by atoms with E-state index in [9.17, 15) is 0 Å². The molecular weight excluding hydrogens is 306 g/mol. The predicted octanol–water partition coefficient (Wildman–Crippen LogP) is 3.53. The Hall–Kier alpha value is -0.580. The van der Waals surface area contributed by atoms with Crippen molar-refractivity contribution in [3.8, 4) is 5.75 Å². The summed E-state index contributed by atoms with van der Waals surface area (Å²) in [6, 6.07) is 6.51. The summed E-state index contributed by atoms with van der Waals surface area (Å²) in [4.78, 5) is 0. The maximum atomic E-state index is 5.72. The molecule has 0 spiro atoms. The van der Waals surface area contributed by atoms with Gasteiger partial charge in [0.1, 0.15) is 5.75 Å². The van der Waals surface area contributed by atoms with Crippen molar-refractivity contribution in [1.29, 1.82) is 0 Å². The van der Waals surface area contributed by atoms with Crippen molar-refractivity contribution in [3.05, 3.63) is 28.2 Å². The summed E-state index contributed by atoms with van der Waals surface area (Å²) in [5.74, 6) is 1.39. The van der Waals surface area contributed by atoms with E-state index in [1.54, 1.807) is 7.11 Å². The van der Waals surface area contributed by atoms with Crippen LogP contribution in [0.5, 0.6) is 5.75 Å². The average Bonchev–Trinajstić information content (AvgIpc) is 2.82. The molecule has 3 atom stereocenters. The quantitative estimate of drug-likeness (QED) is 0.897. The van der Waals surface area contributed by atoms with Crippen molar-refractivity contribution < 1.29 is 9.47 Å². The molecule has 0 amide bonds. The number of rotatable bonds is 5. The van der Waals surface area contributed by atoms with Crippen LogP contribution in [-0.4, -0.2) is 26.4 Å². The number of ether oxygens (including phenoxy) is 2. The van der Waals surface area contributed by atoms with Crippen molar-refractivity contribution >= 4 is 15.9 Å². The largest absolute Gasteiger partial charge is 0.497 e. The molecule has 1 heterocycles. The molecule has 1 aromatic rings. The highest BCUT2D eigenvalue weighted by molar-refractivity contribution is 9.10. The molecule has 3 nitrogen and oxygen atoms in total. The van der Waals surface area contributed by atoms with Gasteiger partial charge in [0.05, 0.1) is 13.2 Å². The van der Waals surface area contributed by atoms with Gasteiger partial charge in [-0.1, -0.05) is 28.9 Å². The minimum Gasteiger partial charge on any atom is -0.497 e. The second-order valence-corrected chi connectivity index (χ2v) is 5.81. The van der Waals surface area contributed by atoms with E-state index < -0.39 is 0 Å². The summed E-state index contributed by atoms with van der Waals surface area (Å²) < 4.78 is 12.1. The van der Waals surface area contributed by atoms with Crippen molar-refractivity contribution in [1.82, 2.24) is 5.32 Å². The highest BCUT2D eigenvalue weighted by Crippen LogP contribution is 2.37. The minimum atomic E-state index is 0.304. The molecule has 106 valence electrons. The standard InChI is InChI=1S/C15H22BrNO2/c1-4-17-15(12-7-8-19-10(12)2)13-6-5-11(18-3)9-14(13)16/h5-6,9-10,12,15,17H,4,7-8H2,1-3H3. The number of benzene rings is 1. The van der Waals surface area contributed by atoms with Gasteiger partial charge < -0.3 is 14.8 Å². The summed E-state index contributed by atoms with van der Waals surface area (Å²) in [5, 5.41) is 3.60. The molecule has 1 aliphatic heterocycles. The van der Waals surface area contributed by atoms with Crippen molar-refractivity contribution in [2.45, 2.75) is 32.4 Å². The first-order valence-electron chi connectivity index (χ1n) is 6.85. The Morgan fingerprint density at radius 1 is 1.53 bits per heavy atom. The number of hydrogen-bond donors (Lipinski definition) is 1. The van der Waals surface area contributed by atoms with Gasteiger partial charge in [0, 0.05) is 23.0 Å². The first kappa shape index (κ1) is 14.8. The monoisotopic (exact) mass is 327 g/mol. The lowest BCUT2D eigenvalue weighted by molar-refractivity contribution is 0.0955. The molecule has 1 aromatic carbocycles. The Kier molecular flexibility index (Phi) is 5.25. The van der Waals surface area contributed by atoms with Gasteiger partial charge in [0.2, 0.25) is 0 Å². The van der Waals surface area contributed by atoms with Crippen LogP contribution in [0, 0.1) is 5.92 Å². The molecule has 0 aliphatic carbocycles. The lowest BCUT2D eigenvalue weighted by Crippen LogP contribution is -2.32. The van der Waals surface area contributed by atoms with Gasteiger partial charge in [-0.3, -0.25) is 0 Å². The van der Waals surface area contributed by atoms with Gasteiger partial charge in [-0.25, -0.2) is 0 Å². The Balaban J connectivity index is 2.28. The van der Waals surface area contributed by atoms with Gasteiger partial charge in [0.15, 0.2) is 0 Å². The molecule has 1 saturated heterocycles. The van der Waals surface area contributed by atoms with Crippen LogP contribution in [0.3, 0.4) is 0 Å². The van der Waals surface area contributed by atoms with E-state index in [0.717, 1.165) is 29.8 Å². The fourth-order valence-electron chi connectivity index (χ4n) is 2.78. The second-order valence-electron chi connectivity index (χ2n) is 4.95. The molecule has 1 aliphatic rings. The molecule has 0 radical (unpaired) electrons. The van der Waals surface area contributed by atoms with E-state index >= 15 is 0 Å². The Morgan fingerprint density at radius 3 is 2.84 bits per heavy atom. The zero-order valence-electron chi connectivity index (χ0n) is 11.8. The van der Waals surface area contributed by atoms with Crippen LogP contribution in [0.2, 0.25) is 0 Å². The smallest absolute Gasteiger partial charge is 0.120 e. The summed E-state index contributed by atoms with van der Waals surface area (Å²) in [5.41, 5.74) is 1.28. The molecule has 0 aromatic heterocycles. The molecule has 1 fully saturated rings. The third-order valence-electron chi connectivity index (χ3n) is 3.83. The minimum absolute atomic E-state index is 0.304. The summed E-state index contributed by atoms with van der Waals surface area (Å²) in [6.45, 7) is 6.12. The van der Waals surface area contributed by atoms with Crippen molar-refractivity contribution in [2.24, 2.45) is 5.92 Å². The van der Waals surface area contributed by atoms with Gasteiger partial charge in [-0.2, -0.15) is 0 Å². The van der Waals surface area contributed by atoms with Gasteiger partial charge in [-0.15, -0.1) is 0 Å². The summed E-state index contributed by atoms with van der Waals surface area (Å²) in [6.07, 6.45) is 1.41. The third-order valence-corrected chi connectivity index (χ3v) is 4.52. The number of nitrogens with one attached hydrogen (secondary N) is 1. The highest BCUT2D eigenvalue weighted by Gasteiger charge is 2.33. The summed E-state index contributed by atoms with van der Waals surface area (Å²) in [7, 11) is 1.69. The fraction of sp³-hybridized carbons (Fsp3) is 0.600. The van der Waals surface area contributed by atoms with E-state index in [1.807, 2.05) is 12.1 Å². The fourth-order valence-corrected chi connectivity index (χ4v) is 3.39. The lowest BCUT2D eigenvalue weighted by atomic mass is 9.88. The zero-order chi connectivity index (χ0) is 13.8. The van der Waals surface area contributed by atoms with Crippen LogP contribution in [0.25, 0.3) is 0 Å². The molecule has 0 saturated carbocycles. The average molecular weight is 328 g/mol. The van der Waals surface area contributed by atoms with Crippen LogP contribution in [-0.2, 0) is 4.74 Å². The topological polar surface area (TPSA) is 30.5 Å². The number of methoxy groups -OCH3 is 1. The van der Waals surface area contributed by atoms with Crippen LogP contribution in [0.4, 0.5) is 0 Å². The SMILES string of the molecule is CCNC(c1ccc(OC)cc1Br)C1CCOC1C. The Labute approximate surface area is 123 Å². The third kappa shape index (κ3) is 3.30. The Morgan fingerprint density at radius 2 is 2.32 bits per heavy atom. The Bertz CT molecular complexity index is 425. The summed E-state index contributed by atoms with van der Waals surface area (Å²) >= 11 is 3.66. The van der Waals surface area contributed by atoms with E-state index in [2.05, 4.69) is 41.2 Å². The first-order valence-corrected chi connectivity index (χ1v) is 7.65. The van der Waals surface area contributed by atoms with E-state index in [4.69, 9.17) is 9.47 Å². The molecule has 2 rings (SSSR count). The van der Waals surface area contributed by atoms with E-state index in [1.165, 1.54) is 5.56 Å². The molecule has 19 heavy (non-hydrogen) atoms. The van der Waals surface area contributed by atoms with Crippen molar-refractivity contribution in [2.75, 3.05) is 20.3 Å². The van der Waals surface area contributed by atoms with Gasteiger partial charge >= 0.3 is 0 Å².